The number of aromatic nitrogens is 1. The zero-order valence-electron chi connectivity index (χ0n) is 12.4. The first-order valence-corrected chi connectivity index (χ1v) is 8.64. The Labute approximate surface area is 151 Å². The van der Waals surface area contributed by atoms with Crippen molar-refractivity contribution in [2.45, 2.75) is 18.4 Å². The van der Waals surface area contributed by atoms with Crippen molar-refractivity contribution >= 4 is 44.1 Å². The number of hydrogen-bond donors (Lipinski definition) is 1. The van der Waals surface area contributed by atoms with Gasteiger partial charge in [-0.05, 0) is 40.9 Å². The van der Waals surface area contributed by atoms with Crippen molar-refractivity contribution in [1.82, 2.24) is 4.98 Å². The van der Waals surface area contributed by atoms with Gasteiger partial charge in [-0.2, -0.15) is 0 Å². The van der Waals surface area contributed by atoms with Crippen LogP contribution in [0.1, 0.15) is 18.4 Å². The van der Waals surface area contributed by atoms with Gasteiger partial charge in [-0.1, -0.05) is 29.8 Å². The minimum Gasteiger partial charge on any atom is -0.374 e. The molecule has 1 fully saturated rings. The number of pyridine rings is 1. The molecular weight excluding hydrogens is 398 g/mol. The minimum absolute atomic E-state index is 0.246. The van der Waals surface area contributed by atoms with Crippen molar-refractivity contribution in [1.29, 1.82) is 0 Å². The number of benzene rings is 2. The maximum Gasteiger partial charge on any atom is 0.139 e. The topological polar surface area (TPSA) is 24.9 Å². The first-order chi connectivity index (χ1) is 11.5. The second-order valence-electron chi connectivity index (χ2n) is 5.95. The van der Waals surface area contributed by atoms with E-state index in [-0.39, 0.29) is 5.82 Å². The second-order valence-corrected chi connectivity index (χ2v) is 7.21. The SMILES string of the molecule is Fc1cc2ncc(Cl)c(NC3(c4ccccc4F)CC3)c2cc1Br. The summed E-state index contributed by atoms with van der Waals surface area (Å²) in [7, 11) is 0. The normalized spacial score (nSPS) is 15.5. The van der Waals surface area contributed by atoms with Gasteiger partial charge in [-0.15, -0.1) is 0 Å². The smallest absolute Gasteiger partial charge is 0.139 e. The van der Waals surface area contributed by atoms with Gasteiger partial charge >= 0.3 is 0 Å². The summed E-state index contributed by atoms with van der Waals surface area (Å²) in [6.45, 7) is 0. The lowest BCUT2D eigenvalue weighted by atomic mass is 10.0. The Morgan fingerprint density at radius 3 is 2.58 bits per heavy atom. The van der Waals surface area contributed by atoms with Crippen LogP contribution in [-0.4, -0.2) is 4.98 Å². The van der Waals surface area contributed by atoms with Crippen LogP contribution in [0.2, 0.25) is 5.02 Å². The summed E-state index contributed by atoms with van der Waals surface area (Å²) in [5.74, 6) is -0.636. The molecule has 0 radical (unpaired) electrons. The highest BCUT2D eigenvalue weighted by atomic mass is 79.9. The van der Waals surface area contributed by atoms with Gasteiger partial charge in [0, 0.05) is 23.2 Å². The molecule has 0 unspecified atom stereocenters. The van der Waals surface area contributed by atoms with E-state index in [0.29, 0.717) is 31.6 Å². The maximum absolute atomic E-state index is 14.2. The molecule has 2 aromatic carbocycles. The Bertz CT molecular complexity index is 957. The highest BCUT2D eigenvalue weighted by molar-refractivity contribution is 9.10. The average molecular weight is 410 g/mol. The maximum atomic E-state index is 14.2. The molecule has 1 heterocycles. The van der Waals surface area contributed by atoms with E-state index in [4.69, 9.17) is 11.6 Å². The molecule has 0 amide bonds. The lowest BCUT2D eigenvalue weighted by molar-refractivity contribution is 0.590. The van der Waals surface area contributed by atoms with Crippen LogP contribution >= 0.6 is 27.5 Å². The van der Waals surface area contributed by atoms with Crippen molar-refractivity contribution in [3.05, 3.63) is 69.3 Å². The summed E-state index contributed by atoms with van der Waals surface area (Å²) in [5.41, 5.74) is 1.27. The largest absolute Gasteiger partial charge is 0.374 e. The van der Waals surface area contributed by atoms with Crippen molar-refractivity contribution in [3.8, 4) is 0 Å². The molecule has 1 aliphatic carbocycles. The molecule has 24 heavy (non-hydrogen) atoms. The van der Waals surface area contributed by atoms with E-state index < -0.39 is 11.4 Å². The van der Waals surface area contributed by atoms with E-state index in [1.807, 2.05) is 6.07 Å². The second kappa shape index (κ2) is 5.67. The Balaban J connectivity index is 1.84. The van der Waals surface area contributed by atoms with Crippen LogP contribution < -0.4 is 5.32 Å². The monoisotopic (exact) mass is 408 g/mol. The molecule has 1 N–H and O–H groups in total. The van der Waals surface area contributed by atoms with E-state index >= 15 is 0 Å². The predicted octanol–water partition coefficient (Wildman–Crippen LogP) is 6.03. The molecule has 1 aromatic heterocycles. The quantitative estimate of drug-likeness (QED) is 0.571. The zero-order valence-corrected chi connectivity index (χ0v) is 14.8. The standard InChI is InChI=1S/C18H12BrClF2N2/c19-12-7-10-16(8-15(12)22)23-9-13(20)17(10)24-18(5-6-18)11-3-1-2-4-14(11)21/h1-4,7-9H,5-6H2,(H,23,24). The van der Waals surface area contributed by atoms with Crippen LogP contribution in [0, 0.1) is 11.6 Å². The van der Waals surface area contributed by atoms with E-state index in [1.54, 1.807) is 18.2 Å². The average Bonchev–Trinajstić information content (AvgIpc) is 3.33. The number of nitrogens with one attached hydrogen (secondary N) is 1. The number of nitrogens with zero attached hydrogens (tertiary/aromatic N) is 1. The number of rotatable bonds is 3. The molecule has 0 spiro atoms. The number of hydrogen-bond acceptors (Lipinski definition) is 2. The van der Waals surface area contributed by atoms with Gasteiger partial charge in [0.2, 0.25) is 0 Å². The van der Waals surface area contributed by atoms with E-state index in [9.17, 15) is 8.78 Å². The molecule has 1 saturated carbocycles. The predicted molar refractivity (Wildman–Crippen MR) is 95.3 cm³/mol. The molecule has 0 aliphatic heterocycles. The van der Waals surface area contributed by atoms with Crippen molar-refractivity contribution in [2.24, 2.45) is 0 Å². The summed E-state index contributed by atoms with van der Waals surface area (Å²) in [4.78, 5) is 4.18. The molecule has 2 nitrogen and oxygen atoms in total. The Hall–Kier alpha value is -1.72. The molecule has 122 valence electrons. The Morgan fingerprint density at radius 1 is 1.12 bits per heavy atom. The summed E-state index contributed by atoms with van der Waals surface area (Å²) >= 11 is 9.52. The van der Waals surface area contributed by atoms with Gasteiger partial charge in [0.15, 0.2) is 0 Å². The number of halogens is 4. The molecule has 4 rings (SSSR count). The summed E-state index contributed by atoms with van der Waals surface area (Å²) in [5, 5.41) is 4.50. The van der Waals surface area contributed by atoms with Gasteiger partial charge in [0.05, 0.1) is 26.2 Å². The highest BCUT2D eigenvalue weighted by Crippen LogP contribution is 2.51. The third kappa shape index (κ3) is 2.56. The van der Waals surface area contributed by atoms with Crippen molar-refractivity contribution in [3.63, 3.8) is 0 Å². The third-order valence-electron chi connectivity index (χ3n) is 4.37. The summed E-state index contributed by atoms with van der Waals surface area (Å²) in [6.07, 6.45) is 3.09. The van der Waals surface area contributed by atoms with Crippen molar-refractivity contribution < 1.29 is 8.78 Å². The summed E-state index contributed by atoms with van der Waals surface area (Å²) < 4.78 is 28.3. The van der Waals surface area contributed by atoms with Gasteiger partial charge in [-0.25, -0.2) is 8.78 Å². The van der Waals surface area contributed by atoms with Crippen LogP contribution in [0.4, 0.5) is 14.5 Å². The van der Waals surface area contributed by atoms with Gasteiger partial charge in [0.25, 0.3) is 0 Å². The molecule has 3 aromatic rings. The first kappa shape index (κ1) is 15.8. The van der Waals surface area contributed by atoms with Crippen LogP contribution in [0.3, 0.4) is 0 Å². The number of fused-ring (bicyclic) bond motifs is 1. The number of anilines is 1. The Morgan fingerprint density at radius 2 is 1.88 bits per heavy atom. The van der Waals surface area contributed by atoms with E-state index in [1.165, 1.54) is 18.3 Å². The fourth-order valence-electron chi connectivity index (χ4n) is 2.97. The highest BCUT2D eigenvalue weighted by Gasteiger charge is 2.46. The molecule has 0 atom stereocenters. The minimum atomic E-state index is -0.482. The lowest BCUT2D eigenvalue weighted by Gasteiger charge is -2.22. The molecule has 0 saturated heterocycles. The molecule has 1 aliphatic rings. The zero-order chi connectivity index (χ0) is 16.9. The fourth-order valence-corrected chi connectivity index (χ4v) is 3.51. The van der Waals surface area contributed by atoms with Gasteiger partial charge in [0.1, 0.15) is 11.6 Å². The molecule has 0 bridgehead atoms. The van der Waals surface area contributed by atoms with Crippen LogP contribution in [-0.2, 0) is 5.54 Å². The third-order valence-corrected chi connectivity index (χ3v) is 5.26. The van der Waals surface area contributed by atoms with E-state index in [2.05, 4.69) is 26.2 Å². The van der Waals surface area contributed by atoms with Crippen molar-refractivity contribution in [2.75, 3.05) is 5.32 Å². The fraction of sp³-hybridized carbons (Fsp3) is 0.167. The van der Waals surface area contributed by atoms with Crippen LogP contribution in [0.25, 0.3) is 10.9 Å². The van der Waals surface area contributed by atoms with Gasteiger partial charge < -0.3 is 5.32 Å². The Kier molecular flexibility index (Phi) is 3.73. The van der Waals surface area contributed by atoms with Crippen LogP contribution in [0.15, 0.2) is 47.1 Å². The first-order valence-electron chi connectivity index (χ1n) is 7.47. The molecule has 6 heteroatoms. The summed E-state index contributed by atoms with van der Waals surface area (Å²) in [6, 6.07) is 9.71. The van der Waals surface area contributed by atoms with Gasteiger partial charge in [-0.3, -0.25) is 4.98 Å². The molecular formula is C18H12BrClF2N2. The van der Waals surface area contributed by atoms with E-state index in [0.717, 1.165) is 12.8 Å². The lowest BCUT2D eigenvalue weighted by Crippen LogP contribution is -2.20. The van der Waals surface area contributed by atoms with Crippen LogP contribution in [0.5, 0.6) is 0 Å².